The van der Waals surface area contributed by atoms with Gasteiger partial charge in [-0.15, -0.1) is 0 Å². The zero-order valence-corrected chi connectivity index (χ0v) is 12.1. The van der Waals surface area contributed by atoms with Crippen molar-refractivity contribution in [3.05, 3.63) is 29.8 Å². The fourth-order valence-corrected chi connectivity index (χ4v) is 1.82. The quantitative estimate of drug-likeness (QED) is 0.831. The number of benzene rings is 1. The molecule has 0 saturated heterocycles. The molecule has 0 amide bonds. The highest BCUT2D eigenvalue weighted by Gasteiger charge is 2.21. The van der Waals surface area contributed by atoms with Gasteiger partial charge in [0.05, 0.1) is 13.5 Å². The summed E-state index contributed by atoms with van der Waals surface area (Å²) >= 11 is 0. The van der Waals surface area contributed by atoms with Crippen molar-refractivity contribution < 1.29 is 14.3 Å². The number of carbonyl (C=O) groups is 1. The smallest absolute Gasteiger partial charge is 0.306 e. The summed E-state index contributed by atoms with van der Waals surface area (Å²) in [5.41, 5.74) is 6.29. The van der Waals surface area contributed by atoms with E-state index in [0.29, 0.717) is 6.54 Å². The van der Waals surface area contributed by atoms with E-state index in [1.807, 2.05) is 45.0 Å². The number of methoxy groups -OCH3 is 1. The average Bonchev–Trinajstić information content (AvgIpc) is 2.34. The average molecular weight is 265 g/mol. The monoisotopic (exact) mass is 265 g/mol. The Hall–Kier alpha value is -1.55. The van der Waals surface area contributed by atoms with E-state index in [4.69, 9.17) is 15.2 Å². The van der Waals surface area contributed by atoms with Crippen LogP contribution in [0.5, 0.6) is 5.75 Å². The molecule has 0 heterocycles. The predicted octanol–water partition coefficient (Wildman–Crippen LogP) is 2.47. The number of ether oxygens (including phenoxy) is 2. The van der Waals surface area contributed by atoms with Gasteiger partial charge in [-0.25, -0.2) is 0 Å². The molecule has 0 radical (unpaired) electrons. The van der Waals surface area contributed by atoms with Crippen LogP contribution in [0.2, 0.25) is 0 Å². The Balaban J connectivity index is 2.75. The van der Waals surface area contributed by atoms with Crippen LogP contribution in [0.15, 0.2) is 24.3 Å². The summed E-state index contributed by atoms with van der Waals surface area (Å²) in [5.74, 6) is 0.482. The number of carbonyl (C=O) groups excluding carboxylic acids is 1. The van der Waals surface area contributed by atoms with Crippen molar-refractivity contribution in [2.45, 2.75) is 38.7 Å². The van der Waals surface area contributed by atoms with E-state index in [1.165, 1.54) is 0 Å². The Morgan fingerprint density at radius 3 is 2.58 bits per heavy atom. The molecular weight excluding hydrogens is 242 g/mol. The maximum atomic E-state index is 11.8. The Morgan fingerprint density at radius 2 is 2.05 bits per heavy atom. The van der Waals surface area contributed by atoms with Gasteiger partial charge in [-0.2, -0.15) is 0 Å². The number of hydrogen-bond donors (Lipinski definition) is 1. The molecule has 1 atom stereocenters. The van der Waals surface area contributed by atoms with Crippen molar-refractivity contribution in [3.63, 3.8) is 0 Å². The van der Waals surface area contributed by atoms with Crippen molar-refractivity contribution in [2.24, 2.45) is 5.73 Å². The summed E-state index contributed by atoms with van der Waals surface area (Å²) in [5, 5.41) is 0. The summed E-state index contributed by atoms with van der Waals surface area (Å²) in [6.07, 6.45) is 0.279. The molecule has 1 aromatic rings. The van der Waals surface area contributed by atoms with Crippen LogP contribution in [0.1, 0.15) is 38.7 Å². The van der Waals surface area contributed by atoms with Gasteiger partial charge >= 0.3 is 5.97 Å². The van der Waals surface area contributed by atoms with Gasteiger partial charge in [0.1, 0.15) is 11.4 Å². The first kappa shape index (κ1) is 15.5. The number of rotatable bonds is 5. The molecule has 0 bridgehead atoms. The molecule has 0 aliphatic carbocycles. The minimum Gasteiger partial charge on any atom is -0.497 e. The van der Waals surface area contributed by atoms with Gasteiger partial charge in [0, 0.05) is 5.92 Å². The Kier molecular flexibility index (Phi) is 5.36. The number of hydrogen-bond acceptors (Lipinski definition) is 4. The molecule has 0 spiro atoms. The number of nitrogens with two attached hydrogens (primary N) is 1. The molecule has 1 aromatic carbocycles. The molecule has 1 unspecified atom stereocenters. The van der Waals surface area contributed by atoms with Crippen LogP contribution in [0.4, 0.5) is 0 Å². The maximum Gasteiger partial charge on any atom is 0.306 e. The highest BCUT2D eigenvalue weighted by atomic mass is 16.6. The molecule has 4 heteroatoms. The zero-order chi connectivity index (χ0) is 14.5. The Labute approximate surface area is 114 Å². The van der Waals surface area contributed by atoms with Crippen LogP contribution in [0, 0.1) is 0 Å². The second-order valence-corrected chi connectivity index (χ2v) is 5.50. The van der Waals surface area contributed by atoms with Gasteiger partial charge in [0.25, 0.3) is 0 Å². The van der Waals surface area contributed by atoms with E-state index in [-0.39, 0.29) is 18.3 Å². The van der Waals surface area contributed by atoms with E-state index >= 15 is 0 Å². The second kappa shape index (κ2) is 6.57. The molecular formula is C15H23NO3. The summed E-state index contributed by atoms with van der Waals surface area (Å²) in [6.45, 7) is 5.96. The molecule has 0 fully saturated rings. The third-order valence-corrected chi connectivity index (χ3v) is 2.68. The van der Waals surface area contributed by atoms with E-state index in [9.17, 15) is 4.79 Å². The van der Waals surface area contributed by atoms with Crippen LogP contribution in [-0.2, 0) is 9.53 Å². The van der Waals surface area contributed by atoms with Gasteiger partial charge in [-0.3, -0.25) is 4.79 Å². The van der Waals surface area contributed by atoms with Gasteiger partial charge in [0.15, 0.2) is 0 Å². The third-order valence-electron chi connectivity index (χ3n) is 2.68. The first-order valence-electron chi connectivity index (χ1n) is 6.41. The van der Waals surface area contributed by atoms with Crippen LogP contribution >= 0.6 is 0 Å². The first-order valence-corrected chi connectivity index (χ1v) is 6.41. The summed E-state index contributed by atoms with van der Waals surface area (Å²) in [6, 6.07) is 7.61. The van der Waals surface area contributed by atoms with Gasteiger partial charge in [0.2, 0.25) is 0 Å². The first-order chi connectivity index (χ1) is 8.85. The topological polar surface area (TPSA) is 61.5 Å². The van der Waals surface area contributed by atoms with E-state index in [0.717, 1.165) is 11.3 Å². The Bertz CT molecular complexity index is 424. The standard InChI is InChI=1S/C15H23NO3/c1-15(2,3)19-14(17)9-12(10-16)11-6-5-7-13(8-11)18-4/h5-8,12H,9-10,16H2,1-4H3. The lowest BCUT2D eigenvalue weighted by Crippen LogP contribution is -2.26. The normalized spacial score (nSPS) is 12.9. The highest BCUT2D eigenvalue weighted by molar-refractivity contribution is 5.71. The lowest BCUT2D eigenvalue weighted by Gasteiger charge is -2.22. The fourth-order valence-electron chi connectivity index (χ4n) is 1.82. The van der Waals surface area contributed by atoms with Crippen LogP contribution in [0.25, 0.3) is 0 Å². The minimum absolute atomic E-state index is 0.0510. The predicted molar refractivity (Wildman–Crippen MR) is 75.3 cm³/mol. The molecule has 2 N–H and O–H groups in total. The van der Waals surface area contributed by atoms with Gasteiger partial charge < -0.3 is 15.2 Å². The van der Waals surface area contributed by atoms with Crippen molar-refractivity contribution >= 4 is 5.97 Å². The van der Waals surface area contributed by atoms with Crippen LogP contribution in [-0.4, -0.2) is 25.2 Å². The lowest BCUT2D eigenvalue weighted by molar-refractivity contribution is -0.155. The molecule has 106 valence electrons. The van der Waals surface area contributed by atoms with Crippen molar-refractivity contribution in [1.29, 1.82) is 0 Å². The zero-order valence-electron chi connectivity index (χ0n) is 12.1. The minimum atomic E-state index is -0.468. The molecule has 0 aliphatic rings. The van der Waals surface area contributed by atoms with Crippen molar-refractivity contribution in [2.75, 3.05) is 13.7 Å². The molecule has 19 heavy (non-hydrogen) atoms. The fraction of sp³-hybridized carbons (Fsp3) is 0.533. The van der Waals surface area contributed by atoms with Gasteiger partial charge in [-0.05, 0) is 45.0 Å². The van der Waals surface area contributed by atoms with Gasteiger partial charge in [-0.1, -0.05) is 12.1 Å². The van der Waals surface area contributed by atoms with Crippen molar-refractivity contribution in [1.82, 2.24) is 0 Å². The third kappa shape index (κ3) is 5.30. The maximum absolute atomic E-state index is 11.8. The molecule has 1 rings (SSSR count). The molecule has 4 nitrogen and oxygen atoms in total. The highest BCUT2D eigenvalue weighted by Crippen LogP contribution is 2.24. The van der Waals surface area contributed by atoms with Crippen molar-refractivity contribution in [3.8, 4) is 5.75 Å². The van der Waals surface area contributed by atoms with E-state index < -0.39 is 5.60 Å². The van der Waals surface area contributed by atoms with Crippen LogP contribution in [0.3, 0.4) is 0 Å². The van der Waals surface area contributed by atoms with E-state index in [2.05, 4.69) is 0 Å². The second-order valence-electron chi connectivity index (χ2n) is 5.50. The molecule has 0 aliphatic heterocycles. The number of esters is 1. The van der Waals surface area contributed by atoms with E-state index in [1.54, 1.807) is 7.11 Å². The SMILES string of the molecule is COc1cccc(C(CN)CC(=O)OC(C)(C)C)c1. The summed E-state index contributed by atoms with van der Waals surface area (Å²) < 4.78 is 10.5. The molecule has 0 saturated carbocycles. The summed E-state index contributed by atoms with van der Waals surface area (Å²) in [7, 11) is 1.62. The largest absolute Gasteiger partial charge is 0.497 e. The van der Waals surface area contributed by atoms with Crippen LogP contribution < -0.4 is 10.5 Å². The Morgan fingerprint density at radius 1 is 1.37 bits per heavy atom. The molecule has 0 aromatic heterocycles. The lowest BCUT2D eigenvalue weighted by atomic mass is 9.95. The summed E-state index contributed by atoms with van der Waals surface area (Å²) in [4.78, 5) is 11.8.